The molecular weight excluding hydrogens is 258 g/mol. The molecule has 0 spiro atoms. The highest BCUT2D eigenvalue weighted by molar-refractivity contribution is 5.98. The van der Waals surface area contributed by atoms with Crippen molar-refractivity contribution < 1.29 is 14.3 Å². The maximum Gasteiger partial charge on any atom is 0.255 e. The van der Waals surface area contributed by atoms with Crippen LogP contribution in [0.5, 0.6) is 0 Å². The number of rotatable bonds is 10. The van der Waals surface area contributed by atoms with Crippen molar-refractivity contribution in [2.24, 2.45) is 0 Å². The van der Waals surface area contributed by atoms with Gasteiger partial charge < -0.3 is 20.1 Å². The third kappa shape index (κ3) is 5.99. The number of aromatic nitrogens is 1. The maximum absolute atomic E-state index is 12.0. The Morgan fingerprint density at radius 3 is 2.90 bits per heavy atom. The van der Waals surface area contributed by atoms with Gasteiger partial charge in [-0.05, 0) is 18.6 Å². The summed E-state index contributed by atoms with van der Waals surface area (Å²) in [6.45, 7) is 4.87. The smallest absolute Gasteiger partial charge is 0.255 e. The molecule has 1 aromatic heterocycles. The molecule has 2 N–H and O–H groups in total. The van der Waals surface area contributed by atoms with E-state index in [1.165, 1.54) is 0 Å². The van der Waals surface area contributed by atoms with Crippen molar-refractivity contribution in [3.05, 3.63) is 23.9 Å². The Morgan fingerprint density at radius 2 is 2.15 bits per heavy atom. The topological polar surface area (TPSA) is 72.5 Å². The summed E-state index contributed by atoms with van der Waals surface area (Å²) >= 11 is 0. The number of hydrogen-bond donors (Lipinski definition) is 2. The van der Waals surface area contributed by atoms with Crippen LogP contribution in [-0.2, 0) is 9.47 Å². The highest BCUT2D eigenvalue weighted by Crippen LogP contribution is 2.10. The standard InChI is InChI=1S/C14H23N3O3/c1-3-6-15-13-12(5-4-7-16-13)14(18)17-8-9-20-11-10-19-2/h4-5,7H,3,6,8-11H2,1-2H3,(H,15,16)(H,17,18). The van der Waals surface area contributed by atoms with E-state index in [4.69, 9.17) is 9.47 Å². The Morgan fingerprint density at radius 1 is 1.30 bits per heavy atom. The lowest BCUT2D eigenvalue weighted by atomic mass is 10.2. The third-order valence-corrected chi connectivity index (χ3v) is 2.56. The summed E-state index contributed by atoms with van der Waals surface area (Å²) in [4.78, 5) is 16.2. The molecule has 0 aliphatic heterocycles. The Balaban J connectivity index is 2.38. The van der Waals surface area contributed by atoms with Gasteiger partial charge in [-0.2, -0.15) is 0 Å². The number of carbonyl (C=O) groups is 1. The summed E-state index contributed by atoms with van der Waals surface area (Å²) in [5.41, 5.74) is 0.554. The molecule has 6 nitrogen and oxygen atoms in total. The molecule has 1 rings (SSSR count). The van der Waals surface area contributed by atoms with Gasteiger partial charge in [-0.15, -0.1) is 0 Å². The van der Waals surface area contributed by atoms with Crippen LogP contribution in [0.3, 0.4) is 0 Å². The van der Waals surface area contributed by atoms with E-state index in [-0.39, 0.29) is 5.91 Å². The van der Waals surface area contributed by atoms with Crippen molar-refractivity contribution in [3.8, 4) is 0 Å². The van der Waals surface area contributed by atoms with E-state index in [1.807, 2.05) is 0 Å². The average molecular weight is 281 g/mol. The Bertz CT molecular complexity index is 399. The van der Waals surface area contributed by atoms with E-state index < -0.39 is 0 Å². The number of pyridine rings is 1. The zero-order chi connectivity index (χ0) is 14.6. The van der Waals surface area contributed by atoms with Crippen molar-refractivity contribution in [3.63, 3.8) is 0 Å². The van der Waals surface area contributed by atoms with Crippen LogP contribution in [-0.4, -0.2) is 50.9 Å². The molecule has 0 aliphatic rings. The molecule has 1 aromatic rings. The number of amides is 1. The first-order chi connectivity index (χ1) is 9.79. The van der Waals surface area contributed by atoms with E-state index in [9.17, 15) is 4.79 Å². The minimum absolute atomic E-state index is 0.146. The van der Waals surface area contributed by atoms with Gasteiger partial charge in [0.05, 0.1) is 25.4 Å². The summed E-state index contributed by atoms with van der Waals surface area (Å²) < 4.78 is 10.1. The van der Waals surface area contributed by atoms with E-state index in [2.05, 4.69) is 22.5 Å². The highest BCUT2D eigenvalue weighted by Gasteiger charge is 2.10. The molecule has 0 bridgehead atoms. The number of methoxy groups -OCH3 is 1. The Kier molecular flexibility index (Phi) is 8.33. The van der Waals surface area contributed by atoms with Crippen LogP contribution >= 0.6 is 0 Å². The van der Waals surface area contributed by atoms with E-state index >= 15 is 0 Å². The Hall–Kier alpha value is -1.66. The molecule has 0 atom stereocenters. The van der Waals surface area contributed by atoms with Gasteiger partial charge in [0.2, 0.25) is 0 Å². The zero-order valence-corrected chi connectivity index (χ0v) is 12.1. The number of nitrogens with zero attached hydrogens (tertiary/aromatic N) is 1. The molecule has 1 amide bonds. The van der Waals surface area contributed by atoms with Crippen LogP contribution in [0, 0.1) is 0 Å². The van der Waals surface area contributed by atoms with Crippen molar-refractivity contribution in [2.45, 2.75) is 13.3 Å². The SMILES string of the molecule is CCCNc1ncccc1C(=O)NCCOCCOC. The number of hydrogen-bond acceptors (Lipinski definition) is 5. The van der Waals surface area contributed by atoms with Crippen molar-refractivity contribution in [1.29, 1.82) is 0 Å². The van der Waals surface area contributed by atoms with Gasteiger partial charge in [0, 0.05) is 26.4 Å². The maximum atomic E-state index is 12.0. The molecule has 20 heavy (non-hydrogen) atoms. The summed E-state index contributed by atoms with van der Waals surface area (Å²) in [5, 5.41) is 5.95. The second-order valence-electron chi connectivity index (χ2n) is 4.19. The summed E-state index contributed by atoms with van der Waals surface area (Å²) in [7, 11) is 1.62. The van der Waals surface area contributed by atoms with Gasteiger partial charge in [0.1, 0.15) is 5.82 Å². The van der Waals surface area contributed by atoms with Gasteiger partial charge in [-0.3, -0.25) is 4.79 Å². The predicted molar refractivity (Wildman–Crippen MR) is 78.0 cm³/mol. The van der Waals surface area contributed by atoms with E-state index in [1.54, 1.807) is 25.4 Å². The number of carbonyl (C=O) groups excluding carboxylic acids is 1. The lowest BCUT2D eigenvalue weighted by molar-refractivity contribution is 0.0693. The molecule has 0 radical (unpaired) electrons. The number of nitrogens with one attached hydrogen (secondary N) is 2. The molecule has 6 heteroatoms. The van der Waals surface area contributed by atoms with Crippen LogP contribution in [0.1, 0.15) is 23.7 Å². The van der Waals surface area contributed by atoms with Crippen LogP contribution in [0.25, 0.3) is 0 Å². The van der Waals surface area contributed by atoms with Crippen LogP contribution in [0.15, 0.2) is 18.3 Å². The van der Waals surface area contributed by atoms with E-state index in [0.29, 0.717) is 37.7 Å². The second-order valence-corrected chi connectivity index (χ2v) is 4.19. The van der Waals surface area contributed by atoms with Gasteiger partial charge in [0.15, 0.2) is 0 Å². The number of anilines is 1. The average Bonchev–Trinajstić information content (AvgIpc) is 2.48. The largest absolute Gasteiger partial charge is 0.382 e. The predicted octanol–water partition coefficient (Wildman–Crippen LogP) is 1.30. The molecule has 0 aromatic carbocycles. The lowest BCUT2D eigenvalue weighted by Crippen LogP contribution is -2.28. The first-order valence-corrected chi connectivity index (χ1v) is 6.83. The molecule has 0 saturated carbocycles. The number of ether oxygens (including phenoxy) is 2. The van der Waals surface area contributed by atoms with E-state index in [0.717, 1.165) is 13.0 Å². The zero-order valence-electron chi connectivity index (χ0n) is 12.1. The molecule has 0 aliphatic carbocycles. The Labute approximate surface area is 119 Å². The fraction of sp³-hybridized carbons (Fsp3) is 0.571. The normalized spacial score (nSPS) is 10.3. The first kappa shape index (κ1) is 16.4. The molecule has 1 heterocycles. The fourth-order valence-electron chi connectivity index (χ4n) is 1.55. The monoisotopic (exact) mass is 281 g/mol. The van der Waals surface area contributed by atoms with Crippen molar-refractivity contribution in [2.75, 3.05) is 45.3 Å². The molecule has 0 saturated heterocycles. The van der Waals surface area contributed by atoms with Gasteiger partial charge >= 0.3 is 0 Å². The molecule has 112 valence electrons. The minimum atomic E-state index is -0.146. The lowest BCUT2D eigenvalue weighted by Gasteiger charge is -2.10. The van der Waals surface area contributed by atoms with Crippen molar-refractivity contribution in [1.82, 2.24) is 10.3 Å². The van der Waals surface area contributed by atoms with Crippen LogP contribution < -0.4 is 10.6 Å². The van der Waals surface area contributed by atoms with Crippen molar-refractivity contribution >= 4 is 11.7 Å². The van der Waals surface area contributed by atoms with Gasteiger partial charge in [0.25, 0.3) is 5.91 Å². The summed E-state index contributed by atoms with van der Waals surface area (Å²) in [6, 6.07) is 3.51. The summed E-state index contributed by atoms with van der Waals surface area (Å²) in [5.74, 6) is 0.471. The van der Waals surface area contributed by atoms with Crippen LogP contribution in [0.2, 0.25) is 0 Å². The molecule has 0 fully saturated rings. The summed E-state index contributed by atoms with van der Waals surface area (Å²) in [6.07, 6.45) is 2.65. The highest BCUT2D eigenvalue weighted by atomic mass is 16.5. The first-order valence-electron chi connectivity index (χ1n) is 6.83. The van der Waals surface area contributed by atoms with Gasteiger partial charge in [-0.25, -0.2) is 4.98 Å². The second kappa shape index (κ2) is 10.2. The van der Waals surface area contributed by atoms with Gasteiger partial charge in [-0.1, -0.05) is 6.92 Å². The quantitative estimate of drug-likeness (QED) is 0.632. The minimum Gasteiger partial charge on any atom is -0.382 e. The fourth-order valence-corrected chi connectivity index (χ4v) is 1.55. The molecule has 0 unspecified atom stereocenters. The van der Waals surface area contributed by atoms with Crippen LogP contribution in [0.4, 0.5) is 5.82 Å². The third-order valence-electron chi connectivity index (χ3n) is 2.56. The molecular formula is C14H23N3O3.